The monoisotopic (exact) mass is 406 g/mol. The van der Waals surface area contributed by atoms with Crippen molar-refractivity contribution in [1.29, 1.82) is 0 Å². The topological polar surface area (TPSA) is 66.5 Å². The lowest BCUT2D eigenvalue weighted by Crippen LogP contribution is -2.35. The zero-order valence-electron chi connectivity index (χ0n) is 13.4. The highest BCUT2D eigenvalue weighted by atomic mass is 35.5. The van der Waals surface area contributed by atoms with Crippen molar-refractivity contribution in [1.82, 2.24) is 4.31 Å². The summed E-state index contributed by atoms with van der Waals surface area (Å²) in [6.07, 6.45) is -4.57. The van der Waals surface area contributed by atoms with Crippen LogP contribution < -0.4 is 5.32 Å². The van der Waals surface area contributed by atoms with Gasteiger partial charge >= 0.3 is 6.18 Å². The van der Waals surface area contributed by atoms with Gasteiger partial charge in [0.2, 0.25) is 15.9 Å². The lowest BCUT2D eigenvalue weighted by Gasteiger charge is -2.17. The van der Waals surface area contributed by atoms with Crippen LogP contribution in [0.15, 0.2) is 53.4 Å². The zero-order valence-corrected chi connectivity index (χ0v) is 15.0. The van der Waals surface area contributed by atoms with Crippen LogP contribution in [-0.2, 0) is 21.0 Å². The van der Waals surface area contributed by atoms with Gasteiger partial charge in [-0.15, -0.1) is 0 Å². The van der Waals surface area contributed by atoms with E-state index in [4.69, 9.17) is 11.6 Å². The van der Waals surface area contributed by atoms with Crippen molar-refractivity contribution in [3.63, 3.8) is 0 Å². The number of amides is 1. The molecular weight excluding hydrogens is 393 g/mol. The van der Waals surface area contributed by atoms with Crippen molar-refractivity contribution >= 4 is 33.2 Å². The third-order valence-electron chi connectivity index (χ3n) is 3.40. The number of likely N-dealkylation sites (N-methyl/N-ethyl adjacent to an activating group) is 1. The van der Waals surface area contributed by atoms with E-state index in [0.29, 0.717) is 17.8 Å². The third-order valence-corrected chi connectivity index (χ3v) is 5.55. The average molecular weight is 407 g/mol. The molecule has 10 heteroatoms. The largest absolute Gasteiger partial charge is 0.416 e. The third kappa shape index (κ3) is 4.75. The SMILES string of the molecule is CN(CC(=O)Nc1ccccc1Cl)S(=O)(=O)c1ccc(C(F)(F)F)cc1. The Hall–Kier alpha value is -2.10. The van der Waals surface area contributed by atoms with Gasteiger partial charge < -0.3 is 5.32 Å². The van der Waals surface area contributed by atoms with Gasteiger partial charge in [0, 0.05) is 7.05 Å². The maximum Gasteiger partial charge on any atom is 0.416 e. The minimum absolute atomic E-state index is 0.286. The summed E-state index contributed by atoms with van der Waals surface area (Å²) in [5, 5.41) is 2.75. The predicted molar refractivity (Wildman–Crippen MR) is 91.3 cm³/mol. The Balaban J connectivity index is 2.11. The second-order valence-electron chi connectivity index (χ2n) is 5.31. The first-order chi connectivity index (χ1) is 12.0. The fourth-order valence-corrected chi connectivity index (χ4v) is 3.35. The standard InChI is InChI=1S/C16H14ClF3N2O3S/c1-22(10-15(23)21-14-5-3-2-4-13(14)17)26(24,25)12-8-6-11(7-9-12)16(18,19)20/h2-9H,10H2,1H3,(H,21,23). The first-order valence-corrected chi connectivity index (χ1v) is 9.01. The summed E-state index contributed by atoms with van der Waals surface area (Å²) >= 11 is 5.90. The normalized spacial score (nSPS) is 12.2. The molecule has 5 nitrogen and oxygen atoms in total. The summed E-state index contributed by atoms with van der Waals surface area (Å²) in [6, 6.07) is 9.45. The number of anilines is 1. The lowest BCUT2D eigenvalue weighted by molar-refractivity contribution is -0.137. The number of nitrogens with zero attached hydrogens (tertiary/aromatic N) is 1. The number of hydrogen-bond donors (Lipinski definition) is 1. The molecule has 1 N–H and O–H groups in total. The Morgan fingerprint density at radius 2 is 1.69 bits per heavy atom. The van der Waals surface area contributed by atoms with Gasteiger partial charge in [0.05, 0.1) is 27.7 Å². The van der Waals surface area contributed by atoms with E-state index in [1.807, 2.05) is 0 Å². The molecule has 0 aliphatic heterocycles. The maximum atomic E-state index is 12.6. The molecule has 26 heavy (non-hydrogen) atoms. The number of carbonyl (C=O) groups is 1. The summed E-state index contributed by atoms with van der Waals surface area (Å²) in [7, 11) is -2.97. The van der Waals surface area contributed by atoms with Crippen LogP contribution in [0.2, 0.25) is 5.02 Å². The van der Waals surface area contributed by atoms with Crippen LogP contribution in [-0.4, -0.2) is 32.2 Å². The molecule has 2 aromatic rings. The first-order valence-electron chi connectivity index (χ1n) is 7.20. The van der Waals surface area contributed by atoms with Gasteiger partial charge in [-0.05, 0) is 36.4 Å². The van der Waals surface area contributed by atoms with E-state index in [9.17, 15) is 26.4 Å². The number of hydrogen-bond acceptors (Lipinski definition) is 3. The van der Waals surface area contributed by atoms with Crippen molar-refractivity contribution in [2.75, 3.05) is 18.9 Å². The molecule has 0 unspecified atom stereocenters. The highest BCUT2D eigenvalue weighted by Crippen LogP contribution is 2.30. The van der Waals surface area contributed by atoms with Crippen molar-refractivity contribution in [3.8, 4) is 0 Å². The van der Waals surface area contributed by atoms with E-state index in [0.717, 1.165) is 23.5 Å². The quantitative estimate of drug-likeness (QED) is 0.824. The van der Waals surface area contributed by atoms with Gasteiger partial charge in [0.1, 0.15) is 0 Å². The summed E-state index contributed by atoms with van der Waals surface area (Å²) in [6.45, 7) is -0.533. The van der Waals surface area contributed by atoms with Crippen molar-refractivity contribution in [2.45, 2.75) is 11.1 Å². The molecule has 0 heterocycles. The van der Waals surface area contributed by atoms with Crippen LogP contribution in [0, 0.1) is 0 Å². The fraction of sp³-hybridized carbons (Fsp3) is 0.188. The van der Waals surface area contributed by atoms with Gasteiger partial charge in [-0.1, -0.05) is 23.7 Å². The van der Waals surface area contributed by atoms with E-state index in [2.05, 4.69) is 5.32 Å². The smallest absolute Gasteiger partial charge is 0.324 e. The van der Waals surface area contributed by atoms with Crippen LogP contribution in [0.4, 0.5) is 18.9 Å². The number of halogens is 4. The molecule has 0 aromatic heterocycles. The molecule has 0 atom stereocenters. The summed E-state index contributed by atoms with van der Waals surface area (Å²) in [5.41, 5.74) is -0.643. The number of carbonyl (C=O) groups excluding carboxylic acids is 1. The minimum Gasteiger partial charge on any atom is -0.324 e. The van der Waals surface area contributed by atoms with Crippen LogP contribution in [0.25, 0.3) is 0 Å². The molecule has 0 fully saturated rings. The van der Waals surface area contributed by atoms with Crippen molar-refractivity contribution < 1.29 is 26.4 Å². The van der Waals surface area contributed by atoms with Gasteiger partial charge in [-0.2, -0.15) is 17.5 Å². The molecule has 140 valence electrons. The van der Waals surface area contributed by atoms with Crippen LogP contribution >= 0.6 is 11.6 Å². The van der Waals surface area contributed by atoms with E-state index in [1.54, 1.807) is 24.3 Å². The Morgan fingerprint density at radius 3 is 2.23 bits per heavy atom. The van der Waals surface area contributed by atoms with E-state index >= 15 is 0 Å². The Bertz CT molecular complexity index is 900. The van der Waals surface area contributed by atoms with E-state index in [-0.39, 0.29) is 9.92 Å². The van der Waals surface area contributed by atoms with E-state index < -0.39 is 34.2 Å². The fourth-order valence-electron chi connectivity index (χ4n) is 2.04. The number of sulfonamides is 1. The molecular formula is C16H14ClF3N2O3S. The highest BCUT2D eigenvalue weighted by molar-refractivity contribution is 7.89. The summed E-state index contributed by atoms with van der Waals surface area (Å²) in [5.74, 6) is -0.643. The van der Waals surface area contributed by atoms with Gasteiger partial charge in [-0.3, -0.25) is 4.79 Å². The molecule has 0 bridgehead atoms. The number of nitrogens with one attached hydrogen (secondary N) is 1. The number of para-hydroxylation sites is 1. The Labute approximate surface area is 153 Å². The molecule has 2 rings (SSSR count). The van der Waals surface area contributed by atoms with Gasteiger partial charge in [-0.25, -0.2) is 8.42 Å². The Morgan fingerprint density at radius 1 is 1.12 bits per heavy atom. The maximum absolute atomic E-state index is 12.6. The summed E-state index contributed by atoms with van der Waals surface area (Å²) in [4.78, 5) is 11.7. The minimum atomic E-state index is -4.57. The summed E-state index contributed by atoms with van der Waals surface area (Å²) < 4.78 is 63.2. The number of alkyl halides is 3. The molecule has 0 aliphatic rings. The lowest BCUT2D eigenvalue weighted by atomic mass is 10.2. The average Bonchev–Trinajstić information content (AvgIpc) is 2.56. The molecule has 0 radical (unpaired) electrons. The Kier molecular flexibility index (Phi) is 5.94. The van der Waals surface area contributed by atoms with Crippen LogP contribution in [0.3, 0.4) is 0 Å². The number of benzene rings is 2. The molecule has 0 saturated carbocycles. The molecule has 1 amide bonds. The van der Waals surface area contributed by atoms with E-state index in [1.165, 1.54) is 0 Å². The van der Waals surface area contributed by atoms with Gasteiger partial charge in [0.25, 0.3) is 0 Å². The van der Waals surface area contributed by atoms with Crippen molar-refractivity contribution in [3.05, 3.63) is 59.1 Å². The molecule has 2 aromatic carbocycles. The predicted octanol–water partition coefficient (Wildman–Crippen LogP) is 3.62. The molecule has 0 spiro atoms. The highest BCUT2D eigenvalue weighted by Gasteiger charge is 2.31. The molecule has 0 aliphatic carbocycles. The van der Waals surface area contributed by atoms with Crippen molar-refractivity contribution in [2.24, 2.45) is 0 Å². The zero-order chi connectivity index (χ0) is 19.5. The molecule has 0 saturated heterocycles. The first kappa shape index (κ1) is 20.2. The second kappa shape index (κ2) is 7.65. The second-order valence-corrected chi connectivity index (χ2v) is 7.76. The van der Waals surface area contributed by atoms with Crippen LogP contribution in [0.5, 0.6) is 0 Å². The number of rotatable bonds is 5. The van der Waals surface area contributed by atoms with Crippen LogP contribution in [0.1, 0.15) is 5.56 Å². The van der Waals surface area contributed by atoms with Gasteiger partial charge in [0.15, 0.2) is 0 Å².